The maximum Gasteiger partial charge on any atom is -0.0220 e. The second-order valence-electron chi connectivity index (χ2n) is 63.6. The molecule has 25 saturated carbocycles. The lowest BCUT2D eigenvalue weighted by Gasteiger charge is -2.52. The molecule has 129 heavy (non-hydrogen) atoms. The molecular formula is C129H230. The van der Waals surface area contributed by atoms with E-state index in [0.29, 0.717) is 81.2 Å². The Labute approximate surface area is 808 Å². The van der Waals surface area contributed by atoms with Gasteiger partial charge in [0.25, 0.3) is 0 Å². The van der Waals surface area contributed by atoms with Gasteiger partial charge in [-0.15, -0.1) is 0 Å². The highest BCUT2D eigenvalue weighted by molar-refractivity contribution is 5.20. The van der Waals surface area contributed by atoms with Crippen molar-refractivity contribution in [3.63, 3.8) is 0 Å². The molecule has 746 valence electrons. The van der Waals surface area contributed by atoms with Gasteiger partial charge in [-0.1, -0.05) is 327 Å². The van der Waals surface area contributed by atoms with Crippen molar-refractivity contribution in [2.24, 2.45) is 250 Å². The van der Waals surface area contributed by atoms with Gasteiger partial charge in [-0.05, 0) is 487 Å². The van der Waals surface area contributed by atoms with Gasteiger partial charge in [0, 0.05) is 0 Å². The molecule has 0 heteroatoms. The van der Waals surface area contributed by atoms with Gasteiger partial charge >= 0.3 is 0 Å². The smallest absolute Gasteiger partial charge is 0.0220 e. The molecule has 25 aliphatic rings. The van der Waals surface area contributed by atoms with Crippen molar-refractivity contribution in [2.45, 2.75) is 564 Å². The van der Waals surface area contributed by atoms with Crippen LogP contribution >= 0.6 is 0 Å². The molecule has 35 atom stereocenters. The van der Waals surface area contributed by atoms with Crippen molar-refractivity contribution in [3.8, 4) is 0 Å². The van der Waals surface area contributed by atoms with E-state index in [4.69, 9.17) is 0 Å². The van der Waals surface area contributed by atoms with Crippen LogP contribution in [0.5, 0.6) is 0 Å². The van der Waals surface area contributed by atoms with E-state index >= 15 is 0 Å². The van der Waals surface area contributed by atoms with Crippen LogP contribution in [-0.2, 0) is 0 Å². The highest BCUT2D eigenvalue weighted by atomic mass is 14.8. The first-order chi connectivity index (χ1) is 59.6. The quantitative estimate of drug-likeness (QED) is 0.223. The Balaban J connectivity index is 0.000000109. The predicted octanol–water partition coefficient (Wildman–Crippen LogP) is 40.5. The first-order valence-electron chi connectivity index (χ1n) is 59.6. The van der Waals surface area contributed by atoms with Crippen molar-refractivity contribution in [1.29, 1.82) is 0 Å². The van der Waals surface area contributed by atoms with Gasteiger partial charge < -0.3 is 0 Å². The molecular weight excluding hydrogens is 1550 g/mol. The third-order valence-electron chi connectivity index (χ3n) is 58.1. The van der Waals surface area contributed by atoms with Crippen LogP contribution in [0.3, 0.4) is 0 Å². The van der Waals surface area contributed by atoms with Gasteiger partial charge in [0.15, 0.2) is 0 Å². The Morgan fingerprint density at radius 1 is 0.194 bits per heavy atom. The van der Waals surface area contributed by atoms with Crippen LogP contribution in [0.4, 0.5) is 0 Å². The molecule has 0 aromatic rings. The molecule has 0 heterocycles. The number of hydrogen-bond acceptors (Lipinski definition) is 0. The fraction of sp³-hybridized carbons (Fsp3) is 1.00. The second kappa shape index (κ2) is 35.0. The fourth-order valence-corrected chi connectivity index (χ4v) is 44.5. The Hall–Kier alpha value is 0. The summed E-state index contributed by atoms with van der Waals surface area (Å²) in [5, 5.41) is 0. The monoisotopic (exact) mass is 1780 g/mol. The summed E-state index contributed by atoms with van der Waals surface area (Å²) in [4.78, 5) is 0. The molecule has 0 radical (unpaired) electrons. The first kappa shape index (κ1) is 103. The number of hydrogen-bond donors (Lipinski definition) is 0. The zero-order valence-electron chi connectivity index (χ0n) is 94.7. The van der Waals surface area contributed by atoms with E-state index in [2.05, 4.69) is 256 Å². The van der Waals surface area contributed by atoms with E-state index in [9.17, 15) is 0 Å². The third-order valence-corrected chi connectivity index (χ3v) is 58.1. The van der Waals surface area contributed by atoms with Crippen molar-refractivity contribution < 1.29 is 0 Å². The standard InChI is InChI=1S/C15H24.C13H22.C13H24.4C12H22.4C10H18/c1-3-15(2)8-11-7-12(15)14-10-5-4-9(6-10)13(11)14;1-3-13(2)8-9-7-12(13)11-6-4-5-10(9)11;1-6-13(5)11(2,3)10-7-8-12(13,4)9-10;4*1-10(2)8-9-6-7-12(10,5)11(9,3)4;4*1-3-10(2)7-8-4-5-9(10)6-8/h9-14H,3-8H2,1-2H3;9-12H,3-8H2,1-2H3;10H,6-9H2,1-5H3;4*9H,6-8H2,1-5H3;4*8-9H,3-7H2,1-2H3/t9?,10?,11?,12?,13?,14?,15-;9?,10?,11?,12?,13-;10?,12?,13-;;;;;4*8?,9?,10-/m001....1100/s1. The zero-order chi connectivity index (χ0) is 94.7. The Morgan fingerprint density at radius 2 is 0.481 bits per heavy atom. The molecule has 0 amide bonds. The van der Waals surface area contributed by atoms with E-state index in [-0.39, 0.29) is 0 Å². The molecule has 24 bridgehead atoms. The molecule has 0 aromatic heterocycles. The minimum atomic E-state index is 0.578. The van der Waals surface area contributed by atoms with E-state index in [1.165, 1.54) is 222 Å². The van der Waals surface area contributed by atoms with E-state index < -0.39 is 0 Å². The van der Waals surface area contributed by atoms with Crippen LogP contribution in [0.2, 0.25) is 0 Å². The van der Waals surface area contributed by atoms with Crippen LogP contribution in [0.25, 0.3) is 0 Å². The number of fused-ring (bicyclic) bond motifs is 32. The van der Waals surface area contributed by atoms with Crippen LogP contribution in [0.1, 0.15) is 564 Å². The maximum atomic E-state index is 2.60. The van der Waals surface area contributed by atoms with Gasteiger partial charge in [-0.3, -0.25) is 0 Å². The highest BCUT2D eigenvalue weighted by Crippen LogP contribution is 2.80. The molecule has 0 spiro atoms. The lowest BCUT2D eigenvalue weighted by molar-refractivity contribution is -0.0318. The van der Waals surface area contributed by atoms with Gasteiger partial charge in [-0.2, -0.15) is 0 Å². The van der Waals surface area contributed by atoms with Crippen molar-refractivity contribution in [2.75, 3.05) is 0 Å². The Morgan fingerprint density at radius 3 is 0.713 bits per heavy atom. The van der Waals surface area contributed by atoms with E-state index in [0.717, 1.165) is 139 Å². The fourth-order valence-electron chi connectivity index (χ4n) is 44.5. The summed E-state index contributed by atoms with van der Waals surface area (Å²) in [5.41, 5.74) is 13.4. The van der Waals surface area contributed by atoms with Crippen molar-refractivity contribution >= 4 is 0 Å². The zero-order valence-corrected chi connectivity index (χ0v) is 94.7. The molecule has 25 rings (SSSR count). The van der Waals surface area contributed by atoms with Gasteiger partial charge in [-0.25, -0.2) is 0 Å². The minimum Gasteiger partial charge on any atom is -0.0649 e. The second-order valence-corrected chi connectivity index (χ2v) is 63.6. The van der Waals surface area contributed by atoms with Crippen molar-refractivity contribution in [3.05, 3.63) is 0 Å². The summed E-state index contributed by atoms with van der Waals surface area (Å²) in [7, 11) is 0. The summed E-state index contributed by atoms with van der Waals surface area (Å²) < 4.78 is 0. The third kappa shape index (κ3) is 16.3. The summed E-state index contributed by atoms with van der Waals surface area (Å²) in [6.07, 6.45) is 72.4. The van der Waals surface area contributed by atoms with Gasteiger partial charge in [0.1, 0.15) is 0 Å². The molecule has 0 aliphatic heterocycles. The topological polar surface area (TPSA) is 0 Å². The normalized spacial score (nSPS) is 53.0. The molecule has 0 N–H and O–H groups in total. The molecule has 28 unspecified atom stereocenters. The lowest BCUT2D eigenvalue weighted by Crippen LogP contribution is -2.44. The minimum absolute atomic E-state index is 0.578. The van der Waals surface area contributed by atoms with Crippen LogP contribution in [0, 0.1) is 250 Å². The molecule has 0 nitrogen and oxygen atoms in total. The Kier molecular flexibility index (Phi) is 28.0. The lowest BCUT2D eigenvalue weighted by atomic mass is 9.53. The number of rotatable bonds is 7. The average molecular weight is 1780 g/mol. The van der Waals surface area contributed by atoms with Crippen LogP contribution < -0.4 is 0 Å². The van der Waals surface area contributed by atoms with Crippen LogP contribution in [-0.4, -0.2) is 0 Å². The summed E-state index contributed by atoms with van der Waals surface area (Å²) in [6, 6.07) is 0. The Bertz CT molecular complexity index is 3480. The maximum absolute atomic E-state index is 2.60. The van der Waals surface area contributed by atoms with Crippen molar-refractivity contribution in [1.82, 2.24) is 0 Å². The summed E-state index contributed by atoms with van der Waals surface area (Å²) in [6.45, 7) is 91.6. The average Bonchev–Trinajstić information content (AvgIpc) is 1.55. The molecule has 0 aromatic carbocycles. The van der Waals surface area contributed by atoms with Gasteiger partial charge in [0.05, 0.1) is 0 Å². The van der Waals surface area contributed by atoms with E-state index in [1.807, 2.05) is 0 Å². The largest absolute Gasteiger partial charge is 0.0649 e. The molecule has 25 aliphatic carbocycles. The SMILES string of the molecule is CC1(C)CC2CCC1(C)C2(C)C.CC1(C)CC2CCC1(C)C2(C)C.CC1(C)CC2CCC1(C)C2(C)C.CC1(C)CC2CCC1(C)C2(C)C.CC[C@@]1(C)C2(C)CCC(C2)C1(C)C.CC[C@@]1(C)CC2CC1C1C3CCC(C3)C21.CC[C@@]1(C)CC2CC1C1CCCC21.CC[C@@]1(C)CC2CCC1C2.CC[C@@]1(C)CC2CCC1C2.CC[C@]1(C)CC2CCC1C2.CC[C@]1(C)CC2CCC1C2. The predicted molar refractivity (Wildman–Crippen MR) is 563 cm³/mol. The molecule has 0 saturated heterocycles. The first-order valence-corrected chi connectivity index (χ1v) is 59.6. The summed E-state index contributed by atoms with van der Waals surface area (Å²) in [5.74, 6) is 25.5. The van der Waals surface area contributed by atoms with Gasteiger partial charge in [0.2, 0.25) is 0 Å². The summed E-state index contributed by atoms with van der Waals surface area (Å²) >= 11 is 0. The van der Waals surface area contributed by atoms with Crippen LogP contribution in [0.15, 0.2) is 0 Å². The molecule has 25 fully saturated rings. The highest BCUT2D eigenvalue weighted by Gasteiger charge is 2.71. The van der Waals surface area contributed by atoms with E-state index in [1.54, 1.807) is 116 Å².